The molecule has 1 aliphatic rings. The third-order valence-electron chi connectivity index (χ3n) is 3.05. The molecular weight excluding hydrogens is 196 g/mol. The van der Waals surface area contributed by atoms with E-state index in [9.17, 15) is 5.11 Å². The van der Waals surface area contributed by atoms with Gasteiger partial charge in [0.25, 0.3) is 0 Å². The predicted molar refractivity (Wildman–Crippen MR) is 57.7 cm³/mol. The predicted octanol–water partition coefficient (Wildman–Crippen LogP) is -0.958. The number of aliphatic hydroxyl groups is 1. The fourth-order valence-electron chi connectivity index (χ4n) is 1.98. The molecule has 3 N–H and O–H groups in total. The first kappa shape index (κ1) is 12.9. The zero-order chi connectivity index (χ0) is 11.3. The van der Waals surface area contributed by atoms with Gasteiger partial charge in [0.15, 0.2) is 0 Å². The Kier molecular flexibility index (Phi) is 5.49. The molecule has 1 rings (SSSR count). The lowest BCUT2D eigenvalue weighted by Gasteiger charge is -2.34. The normalized spacial score (nSPS) is 25.8. The third kappa shape index (κ3) is 3.39. The summed E-state index contributed by atoms with van der Waals surface area (Å²) in [5, 5.41) is 9.34. The highest BCUT2D eigenvalue weighted by molar-refractivity contribution is 4.85. The SMILES string of the molecule is COCC(N)C(CO)N(C)C1CCOC1. The van der Waals surface area contributed by atoms with E-state index in [2.05, 4.69) is 4.90 Å². The van der Waals surface area contributed by atoms with Gasteiger partial charge in [-0.2, -0.15) is 0 Å². The van der Waals surface area contributed by atoms with Crippen LogP contribution in [0.15, 0.2) is 0 Å². The maximum atomic E-state index is 9.34. The van der Waals surface area contributed by atoms with Gasteiger partial charge in [0, 0.05) is 25.8 Å². The topological polar surface area (TPSA) is 68.0 Å². The van der Waals surface area contributed by atoms with Gasteiger partial charge >= 0.3 is 0 Å². The van der Waals surface area contributed by atoms with Crippen molar-refractivity contribution in [2.45, 2.75) is 24.5 Å². The van der Waals surface area contributed by atoms with Gasteiger partial charge in [-0.1, -0.05) is 0 Å². The molecule has 0 bridgehead atoms. The van der Waals surface area contributed by atoms with Gasteiger partial charge < -0.3 is 20.3 Å². The molecule has 0 aromatic carbocycles. The molecule has 0 aliphatic carbocycles. The van der Waals surface area contributed by atoms with Crippen LogP contribution >= 0.6 is 0 Å². The van der Waals surface area contributed by atoms with E-state index in [0.717, 1.165) is 19.6 Å². The van der Waals surface area contributed by atoms with E-state index in [4.69, 9.17) is 15.2 Å². The third-order valence-corrected chi connectivity index (χ3v) is 3.05. The molecular formula is C10H22N2O3. The molecule has 1 fully saturated rings. The highest BCUT2D eigenvalue weighted by atomic mass is 16.5. The van der Waals surface area contributed by atoms with Gasteiger partial charge in [0.2, 0.25) is 0 Å². The monoisotopic (exact) mass is 218 g/mol. The van der Waals surface area contributed by atoms with Gasteiger partial charge in [-0.15, -0.1) is 0 Å². The van der Waals surface area contributed by atoms with Crippen LogP contribution in [-0.2, 0) is 9.47 Å². The Hall–Kier alpha value is -0.200. The molecule has 15 heavy (non-hydrogen) atoms. The number of methoxy groups -OCH3 is 1. The van der Waals surface area contributed by atoms with Gasteiger partial charge in [-0.05, 0) is 13.5 Å². The van der Waals surface area contributed by atoms with Crippen molar-refractivity contribution >= 4 is 0 Å². The molecule has 1 aliphatic heterocycles. The van der Waals surface area contributed by atoms with E-state index in [1.807, 2.05) is 7.05 Å². The van der Waals surface area contributed by atoms with Crippen LogP contribution < -0.4 is 5.73 Å². The first-order valence-electron chi connectivity index (χ1n) is 5.35. The van der Waals surface area contributed by atoms with Crippen LogP contribution in [0.25, 0.3) is 0 Å². The molecule has 1 heterocycles. The average Bonchev–Trinajstić information content (AvgIpc) is 2.71. The largest absolute Gasteiger partial charge is 0.395 e. The van der Waals surface area contributed by atoms with Crippen LogP contribution in [-0.4, -0.2) is 68.7 Å². The summed E-state index contributed by atoms with van der Waals surface area (Å²) in [7, 11) is 3.60. The fraction of sp³-hybridized carbons (Fsp3) is 1.00. The number of nitrogens with zero attached hydrogens (tertiary/aromatic N) is 1. The van der Waals surface area contributed by atoms with Crippen LogP contribution in [0.4, 0.5) is 0 Å². The minimum absolute atomic E-state index is 0.0531. The molecule has 0 aromatic heterocycles. The summed E-state index contributed by atoms with van der Waals surface area (Å²) in [6.07, 6.45) is 1.01. The Morgan fingerprint density at radius 1 is 1.67 bits per heavy atom. The molecule has 5 heteroatoms. The smallest absolute Gasteiger partial charge is 0.0629 e. The number of rotatable bonds is 6. The van der Waals surface area contributed by atoms with Crippen LogP contribution in [0.3, 0.4) is 0 Å². The zero-order valence-corrected chi connectivity index (χ0v) is 9.56. The van der Waals surface area contributed by atoms with Crippen molar-refractivity contribution < 1.29 is 14.6 Å². The maximum absolute atomic E-state index is 9.34. The van der Waals surface area contributed by atoms with Crippen molar-refractivity contribution in [1.82, 2.24) is 4.90 Å². The van der Waals surface area contributed by atoms with E-state index in [-0.39, 0.29) is 18.7 Å². The average molecular weight is 218 g/mol. The highest BCUT2D eigenvalue weighted by Gasteiger charge is 2.29. The first-order chi connectivity index (χ1) is 7.20. The molecule has 3 atom stereocenters. The molecule has 3 unspecified atom stereocenters. The Labute approximate surface area is 91.1 Å². The van der Waals surface area contributed by atoms with Gasteiger partial charge in [0.1, 0.15) is 0 Å². The summed E-state index contributed by atoms with van der Waals surface area (Å²) >= 11 is 0. The van der Waals surface area contributed by atoms with Gasteiger partial charge in [-0.3, -0.25) is 4.90 Å². The Morgan fingerprint density at radius 3 is 2.87 bits per heavy atom. The second kappa shape index (κ2) is 6.40. The quantitative estimate of drug-likeness (QED) is 0.601. The lowest BCUT2D eigenvalue weighted by atomic mass is 10.1. The summed E-state index contributed by atoms with van der Waals surface area (Å²) in [6.45, 7) is 2.04. The van der Waals surface area contributed by atoms with E-state index in [1.165, 1.54) is 0 Å². The summed E-state index contributed by atoms with van der Waals surface area (Å²) in [5.74, 6) is 0. The number of aliphatic hydroxyl groups excluding tert-OH is 1. The molecule has 0 spiro atoms. The van der Waals surface area contributed by atoms with Gasteiger partial charge in [-0.25, -0.2) is 0 Å². The van der Waals surface area contributed by atoms with Crippen molar-refractivity contribution in [3.63, 3.8) is 0 Å². The highest BCUT2D eigenvalue weighted by Crippen LogP contribution is 2.14. The van der Waals surface area contributed by atoms with Gasteiger partial charge in [0.05, 0.1) is 25.9 Å². The summed E-state index contributed by atoms with van der Waals surface area (Å²) in [5.41, 5.74) is 5.94. The van der Waals surface area contributed by atoms with Crippen molar-refractivity contribution in [2.75, 3.05) is 40.6 Å². The van der Waals surface area contributed by atoms with Crippen molar-refractivity contribution in [1.29, 1.82) is 0 Å². The number of hydrogen-bond donors (Lipinski definition) is 2. The first-order valence-corrected chi connectivity index (χ1v) is 5.35. The second-order valence-corrected chi connectivity index (χ2v) is 4.05. The number of likely N-dealkylation sites (N-methyl/N-ethyl adjacent to an activating group) is 1. The van der Waals surface area contributed by atoms with E-state index in [0.29, 0.717) is 12.6 Å². The minimum Gasteiger partial charge on any atom is -0.395 e. The van der Waals surface area contributed by atoms with Crippen molar-refractivity contribution in [2.24, 2.45) is 5.73 Å². The molecule has 0 radical (unpaired) electrons. The lowest BCUT2D eigenvalue weighted by Crippen LogP contribution is -2.54. The lowest BCUT2D eigenvalue weighted by molar-refractivity contribution is 0.0560. The van der Waals surface area contributed by atoms with E-state index >= 15 is 0 Å². The molecule has 90 valence electrons. The molecule has 0 saturated carbocycles. The zero-order valence-electron chi connectivity index (χ0n) is 9.56. The van der Waals surface area contributed by atoms with Crippen molar-refractivity contribution in [3.05, 3.63) is 0 Å². The molecule has 1 saturated heterocycles. The number of ether oxygens (including phenoxy) is 2. The minimum atomic E-state index is -0.161. The van der Waals surface area contributed by atoms with Crippen molar-refractivity contribution in [3.8, 4) is 0 Å². The van der Waals surface area contributed by atoms with E-state index in [1.54, 1.807) is 7.11 Å². The Balaban J connectivity index is 2.48. The standard InChI is InChI=1S/C10H22N2O3/c1-12(8-3-4-15-6-8)10(5-13)9(11)7-14-2/h8-10,13H,3-7,11H2,1-2H3. The summed E-state index contributed by atoms with van der Waals surface area (Å²) in [4.78, 5) is 2.11. The van der Waals surface area contributed by atoms with Crippen LogP contribution in [0.5, 0.6) is 0 Å². The van der Waals surface area contributed by atoms with E-state index < -0.39 is 0 Å². The maximum Gasteiger partial charge on any atom is 0.0629 e. The van der Waals surface area contributed by atoms with Crippen LogP contribution in [0, 0.1) is 0 Å². The Bertz CT molecular complexity index is 174. The molecule has 5 nitrogen and oxygen atoms in total. The fourth-order valence-corrected chi connectivity index (χ4v) is 1.98. The summed E-state index contributed by atoms with van der Waals surface area (Å²) in [6, 6.07) is 0.146. The number of hydrogen-bond acceptors (Lipinski definition) is 5. The number of nitrogens with two attached hydrogens (primary N) is 1. The van der Waals surface area contributed by atoms with Crippen LogP contribution in [0.2, 0.25) is 0 Å². The molecule has 0 aromatic rings. The van der Waals surface area contributed by atoms with Crippen LogP contribution in [0.1, 0.15) is 6.42 Å². The second-order valence-electron chi connectivity index (χ2n) is 4.05. The molecule has 0 amide bonds. The summed E-state index contributed by atoms with van der Waals surface area (Å²) < 4.78 is 10.3. The Morgan fingerprint density at radius 2 is 2.40 bits per heavy atom.